The summed E-state index contributed by atoms with van der Waals surface area (Å²) in [4.78, 5) is 25.3. The Labute approximate surface area is 177 Å². The lowest BCUT2D eigenvalue weighted by Gasteiger charge is -2.15. The highest BCUT2D eigenvalue weighted by Crippen LogP contribution is 2.29. The Balaban J connectivity index is 1.76. The van der Waals surface area contributed by atoms with Gasteiger partial charge < -0.3 is 9.26 Å². The molecule has 1 amide bonds. The van der Waals surface area contributed by atoms with Crippen molar-refractivity contribution in [2.45, 2.75) is 38.9 Å². The molecular weight excluding hydrogens is 438 g/mol. The summed E-state index contributed by atoms with van der Waals surface area (Å²) in [6, 6.07) is 1.54. The first-order valence-corrected chi connectivity index (χ1v) is 9.59. The van der Waals surface area contributed by atoms with E-state index in [4.69, 9.17) is 9.26 Å². The van der Waals surface area contributed by atoms with Crippen LogP contribution in [0.4, 0.5) is 23.4 Å². The summed E-state index contributed by atoms with van der Waals surface area (Å²) in [6.45, 7) is 0.252. The van der Waals surface area contributed by atoms with Crippen LogP contribution in [0.2, 0.25) is 0 Å². The minimum absolute atomic E-state index is 0.0562. The van der Waals surface area contributed by atoms with E-state index in [1.54, 1.807) is 6.92 Å². The predicted molar refractivity (Wildman–Crippen MR) is 101 cm³/mol. The van der Waals surface area contributed by atoms with Gasteiger partial charge in [-0.25, -0.2) is 9.18 Å². The number of nitrogens with zero attached hydrogens (tertiary/aromatic N) is 4. The maximum atomic E-state index is 15.0. The molecule has 32 heavy (non-hydrogen) atoms. The van der Waals surface area contributed by atoms with Gasteiger partial charge in [0.2, 0.25) is 5.88 Å². The number of ether oxygens (including phenoxy) is 1. The molecule has 13 heteroatoms. The van der Waals surface area contributed by atoms with Gasteiger partial charge in [0.1, 0.15) is 23.1 Å². The first-order valence-electron chi connectivity index (χ1n) is 9.59. The maximum Gasteiger partial charge on any atom is 0.422 e. The molecule has 4 rings (SSSR count). The molecule has 0 atom stereocenters. The van der Waals surface area contributed by atoms with Gasteiger partial charge in [0, 0.05) is 24.6 Å². The van der Waals surface area contributed by atoms with Crippen molar-refractivity contribution in [3.8, 4) is 11.4 Å². The number of anilines is 1. The fourth-order valence-corrected chi connectivity index (χ4v) is 3.30. The second kappa shape index (κ2) is 8.13. The van der Waals surface area contributed by atoms with Gasteiger partial charge in [0.15, 0.2) is 6.61 Å². The highest BCUT2D eigenvalue weighted by Gasteiger charge is 2.30. The molecule has 0 spiro atoms. The van der Waals surface area contributed by atoms with Crippen molar-refractivity contribution < 1.29 is 31.6 Å². The maximum absolute atomic E-state index is 15.0. The summed E-state index contributed by atoms with van der Waals surface area (Å²) in [6.07, 6.45) is -1.33. The molecule has 0 unspecified atom stereocenters. The highest BCUT2D eigenvalue weighted by atomic mass is 19.4. The normalized spacial score (nSPS) is 13.7. The van der Waals surface area contributed by atoms with Crippen LogP contribution in [-0.4, -0.2) is 38.2 Å². The standard InChI is InChI=1S/C19H17F4N5O4/c1-10-8-24-32-17(10)25-16(29)11-6-12(20)13(7-14(11)31-9-19(21,22)23)28-18(30)27-5-3-2-4-15(27)26-28/h6-8H,2-5,9H2,1H3,(H,25,29). The summed E-state index contributed by atoms with van der Waals surface area (Å²) in [5.41, 5.74) is -1.14. The van der Waals surface area contributed by atoms with Crippen LogP contribution in [0.3, 0.4) is 0 Å². The largest absolute Gasteiger partial charge is 0.483 e. The van der Waals surface area contributed by atoms with E-state index in [1.807, 2.05) is 0 Å². The van der Waals surface area contributed by atoms with Crippen LogP contribution in [0.25, 0.3) is 5.69 Å². The SMILES string of the molecule is Cc1cnoc1NC(=O)c1cc(F)c(-n2nc3n(c2=O)CCCC3)cc1OCC(F)(F)F. The molecule has 1 aliphatic rings. The molecule has 1 N–H and O–H groups in total. The van der Waals surface area contributed by atoms with Crippen molar-refractivity contribution in [2.24, 2.45) is 0 Å². The number of fused-ring (bicyclic) bond motifs is 1. The van der Waals surface area contributed by atoms with E-state index >= 15 is 0 Å². The van der Waals surface area contributed by atoms with Gasteiger partial charge in [-0.2, -0.15) is 17.9 Å². The van der Waals surface area contributed by atoms with Crippen LogP contribution in [0, 0.1) is 12.7 Å². The van der Waals surface area contributed by atoms with E-state index in [2.05, 4.69) is 15.6 Å². The zero-order valence-corrected chi connectivity index (χ0v) is 16.7. The van der Waals surface area contributed by atoms with Crippen LogP contribution < -0.4 is 15.7 Å². The van der Waals surface area contributed by atoms with Gasteiger partial charge in [0.25, 0.3) is 5.91 Å². The third-order valence-electron chi connectivity index (χ3n) is 4.86. The zero-order valence-electron chi connectivity index (χ0n) is 16.7. The van der Waals surface area contributed by atoms with E-state index in [1.165, 1.54) is 10.8 Å². The Morgan fingerprint density at radius 1 is 1.31 bits per heavy atom. The summed E-state index contributed by atoms with van der Waals surface area (Å²) in [7, 11) is 0. The molecule has 0 radical (unpaired) electrons. The topological polar surface area (TPSA) is 104 Å². The van der Waals surface area contributed by atoms with Crippen molar-refractivity contribution in [1.29, 1.82) is 0 Å². The number of carbonyl (C=O) groups is 1. The molecule has 0 aliphatic carbocycles. The molecule has 1 aliphatic heterocycles. The molecule has 0 bridgehead atoms. The molecule has 170 valence electrons. The van der Waals surface area contributed by atoms with Gasteiger partial charge in [-0.15, -0.1) is 5.10 Å². The molecule has 3 heterocycles. The molecule has 3 aromatic rings. The fraction of sp³-hybridized carbons (Fsp3) is 0.368. The van der Waals surface area contributed by atoms with Crippen molar-refractivity contribution in [2.75, 3.05) is 11.9 Å². The number of carbonyl (C=O) groups excluding carboxylic acids is 1. The van der Waals surface area contributed by atoms with Crippen LogP contribution in [0.15, 0.2) is 27.6 Å². The number of aryl methyl sites for hydroxylation is 2. The Hall–Kier alpha value is -3.64. The minimum Gasteiger partial charge on any atom is -0.483 e. The Morgan fingerprint density at radius 2 is 2.09 bits per heavy atom. The second-order valence-corrected chi connectivity index (χ2v) is 7.22. The number of amides is 1. The van der Waals surface area contributed by atoms with Gasteiger partial charge in [-0.1, -0.05) is 5.16 Å². The summed E-state index contributed by atoms with van der Waals surface area (Å²) in [5, 5.41) is 9.88. The summed E-state index contributed by atoms with van der Waals surface area (Å²) in [5.74, 6) is -2.21. The number of halogens is 4. The Bertz CT molecular complexity index is 1230. The van der Waals surface area contributed by atoms with Crippen molar-refractivity contribution >= 4 is 11.8 Å². The average molecular weight is 455 g/mol. The highest BCUT2D eigenvalue weighted by molar-refractivity contribution is 6.06. The smallest absolute Gasteiger partial charge is 0.422 e. The third-order valence-corrected chi connectivity index (χ3v) is 4.86. The second-order valence-electron chi connectivity index (χ2n) is 7.22. The molecule has 2 aromatic heterocycles. The monoisotopic (exact) mass is 455 g/mol. The van der Waals surface area contributed by atoms with E-state index in [-0.39, 0.29) is 5.88 Å². The third kappa shape index (κ3) is 4.22. The molecule has 0 saturated carbocycles. The number of nitrogens with one attached hydrogen (secondary N) is 1. The van der Waals surface area contributed by atoms with Gasteiger partial charge in [-0.05, 0) is 25.8 Å². The molecule has 0 saturated heterocycles. The summed E-state index contributed by atoms with van der Waals surface area (Å²) < 4.78 is 65.0. The van der Waals surface area contributed by atoms with Crippen molar-refractivity contribution in [3.05, 3.63) is 51.6 Å². The number of benzene rings is 1. The molecule has 9 nitrogen and oxygen atoms in total. The lowest BCUT2D eigenvalue weighted by atomic mass is 10.1. The van der Waals surface area contributed by atoms with E-state index in [0.29, 0.717) is 30.4 Å². The van der Waals surface area contributed by atoms with Gasteiger partial charge >= 0.3 is 11.9 Å². The van der Waals surface area contributed by atoms with Crippen LogP contribution in [0.5, 0.6) is 5.75 Å². The van der Waals surface area contributed by atoms with Crippen molar-refractivity contribution in [3.63, 3.8) is 0 Å². The van der Waals surface area contributed by atoms with Crippen molar-refractivity contribution in [1.82, 2.24) is 19.5 Å². The average Bonchev–Trinajstić information content (AvgIpc) is 3.29. The van der Waals surface area contributed by atoms with E-state index < -0.39 is 47.2 Å². The quantitative estimate of drug-likeness (QED) is 0.594. The summed E-state index contributed by atoms with van der Waals surface area (Å²) >= 11 is 0. The van der Waals surface area contributed by atoms with E-state index in [0.717, 1.165) is 23.6 Å². The van der Waals surface area contributed by atoms with Crippen LogP contribution >= 0.6 is 0 Å². The van der Waals surface area contributed by atoms with Gasteiger partial charge in [0.05, 0.1) is 11.8 Å². The fourth-order valence-electron chi connectivity index (χ4n) is 3.30. The van der Waals surface area contributed by atoms with Crippen LogP contribution in [-0.2, 0) is 13.0 Å². The lowest BCUT2D eigenvalue weighted by molar-refractivity contribution is -0.153. The number of hydrogen-bond acceptors (Lipinski definition) is 6. The number of hydrogen-bond donors (Lipinski definition) is 1. The zero-order chi connectivity index (χ0) is 23.0. The van der Waals surface area contributed by atoms with Crippen LogP contribution in [0.1, 0.15) is 34.6 Å². The molecule has 1 aromatic carbocycles. The molecular formula is C19H17F4N5O4. The first kappa shape index (κ1) is 21.6. The van der Waals surface area contributed by atoms with Gasteiger partial charge in [-0.3, -0.25) is 14.7 Å². The number of alkyl halides is 3. The predicted octanol–water partition coefficient (Wildman–Crippen LogP) is 3.00. The Kier molecular flexibility index (Phi) is 5.48. The number of aromatic nitrogens is 4. The van der Waals surface area contributed by atoms with E-state index in [9.17, 15) is 27.2 Å². The molecule has 0 fully saturated rings. The lowest BCUT2D eigenvalue weighted by Crippen LogP contribution is -2.27. The minimum atomic E-state index is -4.71. The first-order chi connectivity index (χ1) is 15.1. The number of rotatable bonds is 5. The Morgan fingerprint density at radius 3 is 2.75 bits per heavy atom.